The summed E-state index contributed by atoms with van der Waals surface area (Å²) in [5, 5.41) is 11.4. The predicted molar refractivity (Wildman–Crippen MR) is 89.9 cm³/mol. The monoisotopic (exact) mass is 324 g/mol. The summed E-state index contributed by atoms with van der Waals surface area (Å²) in [6.07, 6.45) is 0. The topological polar surface area (TPSA) is 54.4 Å². The Hall–Kier alpha value is -2.65. The molecule has 0 radical (unpaired) electrons. The Labute approximate surface area is 138 Å². The normalized spacial score (nSPS) is 13.4. The van der Waals surface area contributed by atoms with Gasteiger partial charge in [0.05, 0.1) is 0 Å². The van der Waals surface area contributed by atoms with Gasteiger partial charge in [0.1, 0.15) is 0 Å². The first-order chi connectivity index (χ1) is 11.0. The third-order valence-electron chi connectivity index (χ3n) is 3.79. The lowest BCUT2D eigenvalue weighted by atomic mass is 9.88. The van der Waals surface area contributed by atoms with Gasteiger partial charge in [-0.25, -0.2) is 4.79 Å². The molecule has 3 aromatic carbocycles. The summed E-state index contributed by atoms with van der Waals surface area (Å²) in [6, 6.07) is 20.7. The number of hydrogen-bond donors (Lipinski definition) is 1. The molecule has 23 heavy (non-hydrogen) atoms. The zero-order valence-electron chi connectivity index (χ0n) is 12.1. The van der Waals surface area contributed by atoms with Crippen LogP contribution < -0.4 is 0 Å². The number of carbonyl (C=O) groups excluding carboxylic acids is 1. The fourth-order valence-electron chi connectivity index (χ4n) is 2.54. The van der Waals surface area contributed by atoms with Gasteiger partial charge >= 0.3 is 5.97 Å². The Morgan fingerprint density at radius 1 is 0.826 bits per heavy atom. The molecular weight excluding hydrogens is 312 g/mol. The van der Waals surface area contributed by atoms with Crippen LogP contribution >= 0.6 is 11.6 Å². The van der Waals surface area contributed by atoms with E-state index in [4.69, 9.17) is 11.6 Å². The van der Waals surface area contributed by atoms with E-state index in [1.54, 1.807) is 48.5 Å². The molecule has 3 nitrogen and oxygen atoms in total. The zero-order chi connectivity index (χ0) is 16.4. The fourth-order valence-corrected chi connectivity index (χ4v) is 2.77. The van der Waals surface area contributed by atoms with Crippen LogP contribution in [-0.4, -0.2) is 16.9 Å². The van der Waals surface area contributed by atoms with Gasteiger partial charge in [-0.1, -0.05) is 78.3 Å². The van der Waals surface area contributed by atoms with Gasteiger partial charge in [-0.15, -0.1) is 0 Å². The number of halogens is 1. The molecule has 0 bridgehead atoms. The van der Waals surface area contributed by atoms with Crippen LogP contribution in [0.1, 0.15) is 15.9 Å². The minimum absolute atomic E-state index is 0.249. The molecule has 1 atom stereocenters. The van der Waals surface area contributed by atoms with Crippen LogP contribution in [0.4, 0.5) is 0 Å². The van der Waals surface area contributed by atoms with E-state index < -0.39 is 16.6 Å². The van der Waals surface area contributed by atoms with E-state index >= 15 is 0 Å². The number of carboxylic acids is 1. The number of carboxylic acid groups (broad SMARTS) is 1. The Kier molecular flexibility index (Phi) is 3.89. The largest absolute Gasteiger partial charge is 0.479 e. The molecule has 114 valence electrons. The lowest BCUT2D eigenvalue weighted by molar-refractivity contribution is -0.138. The van der Waals surface area contributed by atoms with Gasteiger partial charge in [0.15, 0.2) is 5.78 Å². The fraction of sp³-hybridized carbons (Fsp3) is 0.0526. The summed E-state index contributed by atoms with van der Waals surface area (Å²) in [5.41, 5.74) is 0.511. The first-order valence-corrected chi connectivity index (χ1v) is 7.42. The van der Waals surface area contributed by atoms with Gasteiger partial charge in [-0.3, -0.25) is 4.79 Å². The molecule has 0 saturated carbocycles. The number of Topliss-reactive ketones (excluding diaryl/α,β-unsaturated/α-hetero) is 1. The molecule has 0 aliphatic rings. The van der Waals surface area contributed by atoms with Gasteiger partial charge in [0, 0.05) is 5.56 Å². The SMILES string of the molecule is O=C(O)C(Cl)(C(=O)c1ccccc1)c1ccc2ccccc2c1. The predicted octanol–water partition coefficient (Wildman–Crippen LogP) is 4.24. The summed E-state index contributed by atoms with van der Waals surface area (Å²) in [7, 11) is 0. The Morgan fingerprint density at radius 3 is 2.09 bits per heavy atom. The summed E-state index contributed by atoms with van der Waals surface area (Å²) in [5.74, 6) is -2.04. The highest BCUT2D eigenvalue weighted by atomic mass is 35.5. The summed E-state index contributed by atoms with van der Waals surface area (Å²) >= 11 is 6.34. The molecule has 0 aliphatic carbocycles. The van der Waals surface area contributed by atoms with E-state index in [0.717, 1.165) is 10.8 Å². The van der Waals surface area contributed by atoms with Crippen LogP contribution in [0.25, 0.3) is 10.8 Å². The van der Waals surface area contributed by atoms with Crippen molar-refractivity contribution in [1.82, 2.24) is 0 Å². The van der Waals surface area contributed by atoms with E-state index in [1.165, 1.54) is 0 Å². The van der Waals surface area contributed by atoms with Crippen LogP contribution in [-0.2, 0) is 9.67 Å². The van der Waals surface area contributed by atoms with Crippen LogP contribution in [0.15, 0.2) is 72.8 Å². The molecule has 0 spiro atoms. The number of alkyl halides is 1. The maximum atomic E-state index is 12.7. The van der Waals surface area contributed by atoms with Crippen molar-refractivity contribution in [3.05, 3.63) is 83.9 Å². The van der Waals surface area contributed by atoms with Crippen molar-refractivity contribution < 1.29 is 14.7 Å². The van der Waals surface area contributed by atoms with Crippen LogP contribution in [0.5, 0.6) is 0 Å². The Balaban J connectivity index is 2.16. The summed E-state index contributed by atoms with van der Waals surface area (Å²) in [4.78, 5) is 22.4. The van der Waals surface area contributed by atoms with Crippen molar-refractivity contribution in [3.8, 4) is 0 Å². The van der Waals surface area contributed by atoms with Gasteiger partial charge in [-0.05, 0) is 22.4 Å². The molecule has 1 N–H and O–H groups in total. The van der Waals surface area contributed by atoms with E-state index in [9.17, 15) is 14.7 Å². The van der Waals surface area contributed by atoms with Crippen molar-refractivity contribution in [1.29, 1.82) is 0 Å². The molecular formula is C19H13ClO3. The van der Waals surface area contributed by atoms with Crippen molar-refractivity contribution in [2.45, 2.75) is 4.87 Å². The number of fused-ring (bicyclic) bond motifs is 1. The Bertz CT molecular complexity index is 889. The average Bonchev–Trinajstić information content (AvgIpc) is 2.60. The maximum absolute atomic E-state index is 12.7. The van der Waals surface area contributed by atoms with Crippen LogP contribution in [0.3, 0.4) is 0 Å². The number of carbonyl (C=O) groups is 2. The lowest BCUT2D eigenvalue weighted by Gasteiger charge is -2.22. The van der Waals surface area contributed by atoms with Gasteiger partial charge < -0.3 is 5.11 Å². The standard InChI is InChI=1S/C19H13ClO3/c20-19(18(22)23,17(21)14-7-2-1-3-8-14)16-11-10-13-6-4-5-9-15(13)12-16/h1-12H,(H,22,23). The van der Waals surface area contributed by atoms with Crippen molar-refractivity contribution >= 4 is 34.1 Å². The first kappa shape index (κ1) is 15.3. The van der Waals surface area contributed by atoms with Crippen LogP contribution in [0.2, 0.25) is 0 Å². The minimum Gasteiger partial charge on any atom is -0.479 e. The smallest absolute Gasteiger partial charge is 0.337 e. The Morgan fingerprint density at radius 2 is 1.43 bits per heavy atom. The van der Waals surface area contributed by atoms with Crippen molar-refractivity contribution in [2.75, 3.05) is 0 Å². The quantitative estimate of drug-likeness (QED) is 0.443. The molecule has 3 rings (SSSR count). The highest BCUT2D eigenvalue weighted by Crippen LogP contribution is 2.35. The van der Waals surface area contributed by atoms with Crippen molar-refractivity contribution in [3.63, 3.8) is 0 Å². The molecule has 3 aromatic rings. The highest BCUT2D eigenvalue weighted by Gasteiger charge is 2.46. The molecule has 0 aliphatic heterocycles. The minimum atomic E-state index is -2.15. The molecule has 0 amide bonds. The molecule has 1 unspecified atom stereocenters. The number of rotatable bonds is 4. The third kappa shape index (κ3) is 2.60. The average molecular weight is 325 g/mol. The number of hydrogen-bond acceptors (Lipinski definition) is 2. The van der Waals surface area contributed by atoms with E-state index in [1.807, 2.05) is 24.3 Å². The summed E-state index contributed by atoms with van der Waals surface area (Å²) < 4.78 is 0. The molecule has 0 saturated heterocycles. The van der Waals surface area contributed by atoms with Gasteiger partial charge in [0.25, 0.3) is 0 Å². The lowest BCUT2D eigenvalue weighted by Crippen LogP contribution is -2.38. The molecule has 0 heterocycles. The van der Waals surface area contributed by atoms with Crippen molar-refractivity contribution in [2.24, 2.45) is 0 Å². The zero-order valence-corrected chi connectivity index (χ0v) is 12.8. The second-order valence-electron chi connectivity index (χ2n) is 5.22. The molecule has 4 heteroatoms. The first-order valence-electron chi connectivity index (χ1n) is 7.05. The number of ketones is 1. The van der Waals surface area contributed by atoms with Crippen LogP contribution in [0, 0.1) is 0 Å². The van der Waals surface area contributed by atoms with Gasteiger partial charge in [0.2, 0.25) is 4.87 Å². The number of aliphatic carboxylic acids is 1. The van der Waals surface area contributed by atoms with E-state index in [2.05, 4.69) is 0 Å². The molecule has 0 fully saturated rings. The van der Waals surface area contributed by atoms with Gasteiger partial charge in [-0.2, -0.15) is 0 Å². The second-order valence-corrected chi connectivity index (χ2v) is 5.79. The van der Waals surface area contributed by atoms with E-state index in [-0.39, 0.29) is 11.1 Å². The second kappa shape index (κ2) is 5.86. The summed E-state index contributed by atoms with van der Waals surface area (Å²) in [6.45, 7) is 0. The maximum Gasteiger partial charge on any atom is 0.337 e. The third-order valence-corrected chi connectivity index (χ3v) is 4.34. The number of benzene rings is 3. The van der Waals surface area contributed by atoms with E-state index in [0.29, 0.717) is 0 Å². The molecule has 0 aromatic heterocycles. The highest BCUT2D eigenvalue weighted by molar-refractivity contribution is 6.47.